The molecule has 7 nitrogen and oxygen atoms in total. The Morgan fingerprint density at radius 3 is 2.57 bits per heavy atom. The fourth-order valence-corrected chi connectivity index (χ4v) is 5.55. The number of carbonyl (C=O) groups is 3. The summed E-state index contributed by atoms with van der Waals surface area (Å²) < 4.78 is 5.56. The molecule has 2 N–H and O–H groups in total. The Hall–Kier alpha value is -2.67. The minimum atomic E-state index is -0.649. The average Bonchev–Trinajstić information content (AvgIpc) is 2.87. The molecular weight excluding hydrogens is 442 g/mol. The number of amides is 3. The summed E-state index contributed by atoms with van der Waals surface area (Å²) in [7, 11) is 0. The number of nitrogens with one attached hydrogen (secondary N) is 2. The Labute approximate surface area is 208 Å². The van der Waals surface area contributed by atoms with Crippen molar-refractivity contribution in [1.29, 1.82) is 0 Å². The highest BCUT2D eigenvalue weighted by atomic mass is 16.5. The highest BCUT2D eigenvalue weighted by Crippen LogP contribution is 2.36. The molecule has 3 aliphatic rings. The summed E-state index contributed by atoms with van der Waals surface area (Å²) >= 11 is 0. The summed E-state index contributed by atoms with van der Waals surface area (Å²) in [6.45, 7) is 6.24. The van der Waals surface area contributed by atoms with Gasteiger partial charge in [0.2, 0.25) is 17.7 Å². The first-order chi connectivity index (χ1) is 16.9. The van der Waals surface area contributed by atoms with E-state index in [1.165, 1.54) is 0 Å². The predicted octanol–water partition coefficient (Wildman–Crippen LogP) is 2.85. The molecule has 0 aliphatic carbocycles. The van der Waals surface area contributed by atoms with E-state index in [-0.39, 0.29) is 35.6 Å². The number of piperidine rings is 1. The summed E-state index contributed by atoms with van der Waals surface area (Å²) in [5, 5.41) is 6.38. The molecule has 0 aromatic heterocycles. The van der Waals surface area contributed by atoms with Crippen LogP contribution in [-0.2, 0) is 25.5 Å². The molecule has 0 radical (unpaired) electrons. The van der Waals surface area contributed by atoms with Gasteiger partial charge in [-0.25, -0.2) is 0 Å². The molecule has 3 heterocycles. The zero-order valence-electron chi connectivity index (χ0n) is 21.0. The van der Waals surface area contributed by atoms with E-state index < -0.39 is 11.5 Å². The molecule has 1 spiro atoms. The van der Waals surface area contributed by atoms with Crippen molar-refractivity contribution < 1.29 is 19.1 Å². The largest absolute Gasteiger partial charge is 0.381 e. The quantitative estimate of drug-likeness (QED) is 0.650. The first-order valence-corrected chi connectivity index (χ1v) is 13.0. The van der Waals surface area contributed by atoms with Gasteiger partial charge in [-0.3, -0.25) is 14.4 Å². The second-order valence-corrected chi connectivity index (χ2v) is 10.6. The van der Waals surface area contributed by atoms with Gasteiger partial charge >= 0.3 is 0 Å². The number of hydrogen-bond donors (Lipinski definition) is 2. The van der Waals surface area contributed by atoms with Crippen LogP contribution in [0.5, 0.6) is 0 Å². The SMILES string of the molecule is CC(C)C(=O)N1CC[C@H]2NC(=O)[C@H](Cc3ccccc3)NC(=O)C3(C/C=C/C[C@@H]2C1)CCOCC3. The summed E-state index contributed by atoms with van der Waals surface area (Å²) in [5.41, 5.74) is 0.448. The Balaban J connectivity index is 1.60. The van der Waals surface area contributed by atoms with Crippen molar-refractivity contribution in [3.63, 3.8) is 0 Å². The fraction of sp³-hybridized carbons (Fsp3) is 0.607. The molecule has 0 bridgehead atoms. The van der Waals surface area contributed by atoms with E-state index in [0.717, 1.165) is 18.4 Å². The van der Waals surface area contributed by atoms with Gasteiger partial charge in [0, 0.05) is 50.6 Å². The molecule has 3 atom stereocenters. The first kappa shape index (κ1) is 25.4. The number of fused-ring (bicyclic) bond motifs is 1. The Morgan fingerprint density at radius 1 is 1.11 bits per heavy atom. The van der Waals surface area contributed by atoms with Crippen molar-refractivity contribution in [2.75, 3.05) is 26.3 Å². The van der Waals surface area contributed by atoms with Gasteiger partial charge in [0.05, 0.1) is 5.41 Å². The lowest BCUT2D eigenvalue weighted by Crippen LogP contribution is -2.58. The van der Waals surface area contributed by atoms with Crippen molar-refractivity contribution in [3.8, 4) is 0 Å². The van der Waals surface area contributed by atoms with Crippen LogP contribution in [0.3, 0.4) is 0 Å². The number of carbonyl (C=O) groups excluding carboxylic acids is 3. The van der Waals surface area contributed by atoms with E-state index >= 15 is 0 Å². The average molecular weight is 482 g/mol. The standard InChI is InChI=1S/C28H39N3O4/c1-20(2)26(33)31-15-11-23-22(19-31)10-6-7-12-28(13-16-35-17-14-28)27(34)30-24(25(32)29-23)18-21-8-4-3-5-9-21/h3-9,20,22-24H,10-19H2,1-2H3,(H,29,32)(H,30,34)/b7-6+/t22-,23-,24+/m1/s1. The van der Waals surface area contributed by atoms with Gasteiger partial charge in [-0.05, 0) is 37.7 Å². The second kappa shape index (κ2) is 11.4. The van der Waals surface area contributed by atoms with Gasteiger partial charge in [0.1, 0.15) is 6.04 Å². The zero-order chi connectivity index (χ0) is 24.8. The molecule has 4 rings (SSSR count). The van der Waals surface area contributed by atoms with E-state index in [4.69, 9.17) is 4.74 Å². The van der Waals surface area contributed by atoms with Gasteiger partial charge in [0.25, 0.3) is 0 Å². The van der Waals surface area contributed by atoms with Crippen LogP contribution in [0.2, 0.25) is 0 Å². The molecular formula is C28H39N3O4. The molecule has 3 amide bonds. The van der Waals surface area contributed by atoms with Crippen LogP contribution in [0, 0.1) is 17.3 Å². The van der Waals surface area contributed by atoms with Crippen LogP contribution in [0.15, 0.2) is 42.5 Å². The summed E-state index contributed by atoms with van der Waals surface area (Å²) in [6.07, 6.45) is 8.11. The molecule has 190 valence electrons. The summed E-state index contributed by atoms with van der Waals surface area (Å²) in [4.78, 5) is 41.8. The maximum atomic E-state index is 13.6. The van der Waals surface area contributed by atoms with E-state index in [9.17, 15) is 14.4 Å². The van der Waals surface area contributed by atoms with Crippen molar-refractivity contribution in [3.05, 3.63) is 48.0 Å². The lowest BCUT2D eigenvalue weighted by molar-refractivity contribution is -0.140. The normalized spacial score (nSPS) is 28.3. The summed E-state index contributed by atoms with van der Waals surface area (Å²) in [6, 6.07) is 9.14. The first-order valence-electron chi connectivity index (χ1n) is 13.0. The van der Waals surface area contributed by atoms with E-state index in [0.29, 0.717) is 52.0 Å². The number of likely N-dealkylation sites (tertiary alicyclic amines) is 1. The number of allylic oxidation sites excluding steroid dienone is 2. The number of hydrogen-bond acceptors (Lipinski definition) is 4. The third kappa shape index (κ3) is 6.13. The maximum Gasteiger partial charge on any atom is 0.243 e. The molecule has 7 heteroatoms. The molecule has 1 aromatic carbocycles. The minimum absolute atomic E-state index is 0.0324. The van der Waals surface area contributed by atoms with Crippen LogP contribution in [0.1, 0.15) is 51.5 Å². The lowest BCUT2D eigenvalue weighted by Gasteiger charge is -2.41. The fourth-order valence-electron chi connectivity index (χ4n) is 5.55. The van der Waals surface area contributed by atoms with Crippen molar-refractivity contribution in [2.24, 2.45) is 17.3 Å². The minimum Gasteiger partial charge on any atom is -0.381 e. The van der Waals surface area contributed by atoms with Crippen LogP contribution in [-0.4, -0.2) is 61.0 Å². The van der Waals surface area contributed by atoms with Gasteiger partial charge in [0.15, 0.2) is 0 Å². The molecule has 1 aromatic rings. The Morgan fingerprint density at radius 2 is 1.86 bits per heavy atom. The molecule has 2 fully saturated rings. The number of nitrogens with zero attached hydrogens (tertiary/aromatic N) is 1. The zero-order valence-corrected chi connectivity index (χ0v) is 21.0. The van der Waals surface area contributed by atoms with E-state index in [2.05, 4.69) is 22.8 Å². The Bertz CT molecular complexity index is 923. The maximum absolute atomic E-state index is 13.6. The molecule has 2 saturated heterocycles. The van der Waals surface area contributed by atoms with Crippen molar-refractivity contribution in [1.82, 2.24) is 15.5 Å². The molecule has 0 saturated carbocycles. The van der Waals surface area contributed by atoms with Gasteiger partial charge in [-0.1, -0.05) is 56.3 Å². The topological polar surface area (TPSA) is 87.7 Å². The van der Waals surface area contributed by atoms with E-state index in [1.807, 2.05) is 49.1 Å². The number of benzene rings is 1. The second-order valence-electron chi connectivity index (χ2n) is 10.6. The number of ether oxygens (including phenoxy) is 1. The van der Waals surface area contributed by atoms with E-state index in [1.54, 1.807) is 0 Å². The van der Waals surface area contributed by atoms with Crippen molar-refractivity contribution in [2.45, 2.75) is 64.5 Å². The monoisotopic (exact) mass is 481 g/mol. The third-order valence-corrected chi connectivity index (χ3v) is 7.82. The number of rotatable bonds is 3. The third-order valence-electron chi connectivity index (χ3n) is 7.82. The predicted molar refractivity (Wildman–Crippen MR) is 134 cm³/mol. The van der Waals surface area contributed by atoms with Crippen molar-refractivity contribution >= 4 is 17.7 Å². The summed E-state index contributed by atoms with van der Waals surface area (Å²) in [5.74, 6) is 0.0652. The Kier molecular flexibility index (Phi) is 8.26. The van der Waals surface area contributed by atoms with Gasteiger partial charge < -0.3 is 20.3 Å². The molecule has 3 aliphatic heterocycles. The van der Waals surface area contributed by atoms with Crippen LogP contribution < -0.4 is 10.6 Å². The lowest BCUT2D eigenvalue weighted by atomic mass is 9.75. The van der Waals surface area contributed by atoms with Gasteiger partial charge in [-0.2, -0.15) is 0 Å². The highest BCUT2D eigenvalue weighted by Gasteiger charge is 2.41. The molecule has 0 unspecified atom stereocenters. The van der Waals surface area contributed by atoms with Crippen LogP contribution >= 0.6 is 0 Å². The van der Waals surface area contributed by atoms with Crippen LogP contribution in [0.25, 0.3) is 0 Å². The molecule has 35 heavy (non-hydrogen) atoms. The van der Waals surface area contributed by atoms with Crippen LogP contribution in [0.4, 0.5) is 0 Å². The highest BCUT2D eigenvalue weighted by molar-refractivity contribution is 5.90. The smallest absolute Gasteiger partial charge is 0.243 e. The van der Waals surface area contributed by atoms with Gasteiger partial charge in [-0.15, -0.1) is 0 Å².